The third-order valence-corrected chi connectivity index (χ3v) is 2.68. The van der Waals surface area contributed by atoms with E-state index in [1.54, 1.807) is 18.3 Å². The van der Waals surface area contributed by atoms with Crippen molar-refractivity contribution in [3.8, 4) is 11.8 Å². The first-order valence-electron chi connectivity index (χ1n) is 6.23. The molecule has 1 aromatic carbocycles. The summed E-state index contributed by atoms with van der Waals surface area (Å²) in [5.41, 5.74) is 1.25. The number of aliphatic hydroxyl groups is 1. The lowest BCUT2D eigenvalue weighted by Gasteiger charge is -2.06. The molecule has 1 amide bonds. The van der Waals surface area contributed by atoms with Gasteiger partial charge in [0.25, 0.3) is 5.91 Å². The summed E-state index contributed by atoms with van der Waals surface area (Å²) >= 11 is 0. The molecule has 0 bridgehead atoms. The molecule has 0 fully saturated rings. The number of amides is 1. The van der Waals surface area contributed by atoms with E-state index < -0.39 is 11.7 Å². The fraction of sp³-hybridized carbons (Fsp3) is 0.125. The predicted molar refractivity (Wildman–Crippen MR) is 77.3 cm³/mol. The van der Waals surface area contributed by atoms with Crippen LogP contribution in [0.1, 0.15) is 21.5 Å². The van der Waals surface area contributed by atoms with Crippen LogP contribution in [0, 0.1) is 24.6 Å². The molecule has 0 aliphatic rings. The van der Waals surface area contributed by atoms with Crippen molar-refractivity contribution in [2.24, 2.45) is 0 Å². The quantitative estimate of drug-likeness (QED) is 0.830. The molecule has 1 aromatic heterocycles. The van der Waals surface area contributed by atoms with Gasteiger partial charge in [0.1, 0.15) is 18.2 Å². The van der Waals surface area contributed by atoms with Gasteiger partial charge < -0.3 is 10.4 Å². The van der Waals surface area contributed by atoms with Gasteiger partial charge in [-0.1, -0.05) is 11.8 Å². The molecule has 2 rings (SSSR count). The van der Waals surface area contributed by atoms with Crippen LogP contribution in [0.5, 0.6) is 0 Å². The number of hydrogen-bond acceptors (Lipinski definition) is 3. The second kappa shape index (κ2) is 6.64. The average molecular weight is 284 g/mol. The van der Waals surface area contributed by atoms with Crippen molar-refractivity contribution in [2.45, 2.75) is 6.92 Å². The Kier molecular flexibility index (Phi) is 4.64. The molecule has 4 nitrogen and oxygen atoms in total. The number of anilines is 1. The predicted octanol–water partition coefficient (Wildman–Crippen LogP) is 2.13. The van der Waals surface area contributed by atoms with Crippen molar-refractivity contribution < 1.29 is 14.3 Å². The summed E-state index contributed by atoms with van der Waals surface area (Å²) in [4.78, 5) is 16.0. The van der Waals surface area contributed by atoms with Gasteiger partial charge in [-0.2, -0.15) is 0 Å². The van der Waals surface area contributed by atoms with Crippen LogP contribution in [0.4, 0.5) is 10.2 Å². The van der Waals surface area contributed by atoms with Crippen molar-refractivity contribution >= 4 is 11.7 Å². The van der Waals surface area contributed by atoms with Crippen molar-refractivity contribution in [3.05, 3.63) is 59.0 Å². The Labute approximate surface area is 121 Å². The van der Waals surface area contributed by atoms with Crippen LogP contribution in [-0.4, -0.2) is 22.6 Å². The molecule has 106 valence electrons. The molecular formula is C16H13FN2O2. The van der Waals surface area contributed by atoms with E-state index in [-0.39, 0.29) is 12.2 Å². The lowest BCUT2D eigenvalue weighted by atomic mass is 10.1. The highest BCUT2D eigenvalue weighted by Gasteiger charge is 2.12. The van der Waals surface area contributed by atoms with Gasteiger partial charge in [-0.3, -0.25) is 4.79 Å². The van der Waals surface area contributed by atoms with E-state index in [1.807, 2.05) is 6.92 Å². The number of aliphatic hydroxyl groups excluding tert-OH is 1. The summed E-state index contributed by atoms with van der Waals surface area (Å²) in [6, 6.07) is 7.51. The van der Waals surface area contributed by atoms with Crippen LogP contribution >= 0.6 is 0 Å². The van der Waals surface area contributed by atoms with Crippen LogP contribution in [0.2, 0.25) is 0 Å². The number of hydrogen-bond donors (Lipinski definition) is 2. The SMILES string of the molecule is Cc1ccnc(NC(=O)c2ccc(C#CCO)cc2F)c1. The smallest absolute Gasteiger partial charge is 0.259 e. The number of aromatic nitrogens is 1. The number of benzene rings is 1. The fourth-order valence-electron chi connectivity index (χ4n) is 1.71. The van der Waals surface area contributed by atoms with Crippen LogP contribution in [0.15, 0.2) is 36.5 Å². The highest BCUT2D eigenvalue weighted by Crippen LogP contribution is 2.13. The summed E-state index contributed by atoms with van der Waals surface area (Å²) in [7, 11) is 0. The minimum absolute atomic E-state index is 0.0899. The van der Waals surface area contributed by atoms with E-state index in [2.05, 4.69) is 22.1 Å². The topological polar surface area (TPSA) is 62.2 Å². The monoisotopic (exact) mass is 284 g/mol. The Bertz CT molecular complexity index is 733. The molecule has 1 heterocycles. The number of nitrogens with one attached hydrogen (secondary N) is 1. The molecule has 0 spiro atoms. The Morgan fingerprint density at radius 1 is 1.38 bits per heavy atom. The molecule has 0 saturated heterocycles. The second-order valence-corrected chi connectivity index (χ2v) is 4.33. The van der Waals surface area contributed by atoms with E-state index in [1.165, 1.54) is 12.1 Å². The molecule has 21 heavy (non-hydrogen) atoms. The van der Waals surface area contributed by atoms with Gasteiger partial charge in [-0.25, -0.2) is 9.37 Å². The van der Waals surface area contributed by atoms with Crippen molar-refractivity contribution in [1.29, 1.82) is 0 Å². The van der Waals surface area contributed by atoms with Crippen LogP contribution in [0.25, 0.3) is 0 Å². The zero-order valence-electron chi connectivity index (χ0n) is 11.4. The number of carbonyl (C=O) groups excluding carboxylic acids is 1. The van der Waals surface area contributed by atoms with Crippen LogP contribution in [0.3, 0.4) is 0 Å². The summed E-state index contributed by atoms with van der Waals surface area (Å²) < 4.78 is 13.9. The van der Waals surface area contributed by atoms with Gasteiger partial charge in [0.05, 0.1) is 5.56 Å². The summed E-state index contributed by atoms with van der Waals surface area (Å²) in [6.45, 7) is 1.56. The number of halogens is 1. The Balaban J connectivity index is 2.20. The first kappa shape index (κ1) is 14.7. The summed E-state index contributed by atoms with van der Waals surface area (Å²) in [5.74, 6) is 4.10. The third kappa shape index (κ3) is 3.88. The highest BCUT2D eigenvalue weighted by molar-refractivity contribution is 6.04. The highest BCUT2D eigenvalue weighted by atomic mass is 19.1. The maximum absolute atomic E-state index is 13.9. The third-order valence-electron chi connectivity index (χ3n) is 2.68. The molecular weight excluding hydrogens is 271 g/mol. The van der Waals surface area contributed by atoms with Crippen molar-refractivity contribution in [2.75, 3.05) is 11.9 Å². The zero-order chi connectivity index (χ0) is 15.2. The van der Waals surface area contributed by atoms with Crippen LogP contribution in [-0.2, 0) is 0 Å². The summed E-state index contributed by atoms with van der Waals surface area (Å²) in [5, 5.41) is 11.1. The fourth-order valence-corrected chi connectivity index (χ4v) is 1.71. The number of aryl methyl sites for hydroxylation is 1. The largest absolute Gasteiger partial charge is 0.384 e. The lowest BCUT2D eigenvalue weighted by Crippen LogP contribution is -2.14. The molecule has 0 unspecified atom stereocenters. The Morgan fingerprint density at radius 3 is 2.86 bits per heavy atom. The van der Waals surface area contributed by atoms with Crippen molar-refractivity contribution in [1.82, 2.24) is 4.98 Å². The first-order chi connectivity index (χ1) is 10.1. The van der Waals surface area contributed by atoms with Gasteiger partial charge >= 0.3 is 0 Å². The van der Waals surface area contributed by atoms with Crippen molar-refractivity contribution in [3.63, 3.8) is 0 Å². The Hall–Kier alpha value is -2.71. The number of carbonyl (C=O) groups is 1. The lowest BCUT2D eigenvalue weighted by molar-refractivity contribution is 0.102. The van der Waals surface area contributed by atoms with E-state index in [9.17, 15) is 9.18 Å². The average Bonchev–Trinajstić information content (AvgIpc) is 2.45. The van der Waals surface area contributed by atoms with E-state index in [0.717, 1.165) is 11.6 Å². The minimum atomic E-state index is -0.676. The number of nitrogens with zero attached hydrogens (tertiary/aromatic N) is 1. The molecule has 0 radical (unpaired) electrons. The molecule has 0 aliphatic carbocycles. The number of pyridine rings is 1. The van der Waals surface area contributed by atoms with E-state index >= 15 is 0 Å². The minimum Gasteiger partial charge on any atom is -0.384 e. The summed E-state index contributed by atoms with van der Waals surface area (Å²) in [6.07, 6.45) is 1.56. The second-order valence-electron chi connectivity index (χ2n) is 4.33. The van der Waals surface area contributed by atoms with Gasteiger partial charge in [0.2, 0.25) is 0 Å². The first-order valence-corrected chi connectivity index (χ1v) is 6.23. The molecule has 0 aliphatic heterocycles. The molecule has 2 aromatic rings. The van der Waals surface area contributed by atoms with Crippen LogP contribution < -0.4 is 5.32 Å². The molecule has 0 atom stereocenters. The maximum atomic E-state index is 13.9. The van der Waals surface area contributed by atoms with Gasteiger partial charge in [0, 0.05) is 11.8 Å². The molecule has 5 heteroatoms. The molecule has 0 saturated carbocycles. The zero-order valence-corrected chi connectivity index (χ0v) is 11.4. The maximum Gasteiger partial charge on any atom is 0.259 e. The number of rotatable bonds is 2. The van der Waals surface area contributed by atoms with Gasteiger partial charge in [-0.15, -0.1) is 0 Å². The standard InChI is InChI=1S/C16H13FN2O2/c1-11-6-7-18-15(9-11)19-16(21)13-5-4-12(3-2-8-20)10-14(13)17/h4-7,9-10,20H,8H2,1H3,(H,18,19,21). The van der Waals surface area contributed by atoms with Gasteiger partial charge in [0.15, 0.2) is 0 Å². The van der Waals surface area contributed by atoms with Gasteiger partial charge in [-0.05, 0) is 42.8 Å². The normalized spacial score (nSPS) is 9.67. The van der Waals surface area contributed by atoms with E-state index in [4.69, 9.17) is 5.11 Å². The Morgan fingerprint density at radius 2 is 2.19 bits per heavy atom. The molecule has 2 N–H and O–H groups in total. The van der Waals surface area contributed by atoms with E-state index in [0.29, 0.717) is 11.4 Å².